The fourth-order valence-electron chi connectivity index (χ4n) is 2.46. The topological polar surface area (TPSA) is 20.2 Å². The molecule has 0 saturated carbocycles. The van der Waals surface area contributed by atoms with E-state index in [4.69, 9.17) is 0 Å². The van der Waals surface area contributed by atoms with Gasteiger partial charge in [0, 0.05) is 10.5 Å². The van der Waals surface area contributed by atoms with Gasteiger partial charge in [-0.15, -0.1) is 12.6 Å². The molecule has 0 aliphatic heterocycles. The van der Waals surface area contributed by atoms with Gasteiger partial charge in [-0.1, -0.05) is 62.6 Å². The van der Waals surface area contributed by atoms with Crippen LogP contribution in [0.1, 0.15) is 38.2 Å². The van der Waals surface area contributed by atoms with E-state index >= 15 is 0 Å². The van der Waals surface area contributed by atoms with E-state index in [9.17, 15) is 5.11 Å². The number of benzene rings is 2. The van der Waals surface area contributed by atoms with E-state index in [0.717, 1.165) is 22.4 Å². The summed E-state index contributed by atoms with van der Waals surface area (Å²) in [5.41, 5.74) is 3.09. The quantitative estimate of drug-likeness (QED) is 0.533. The zero-order chi connectivity index (χ0) is 14.4. The van der Waals surface area contributed by atoms with Crippen LogP contribution in [0.4, 0.5) is 0 Å². The molecule has 0 spiro atoms. The van der Waals surface area contributed by atoms with Crippen molar-refractivity contribution >= 4 is 12.6 Å². The van der Waals surface area contributed by atoms with Gasteiger partial charge in [0.25, 0.3) is 0 Å². The Balaban J connectivity index is 2.24. The first-order valence-corrected chi connectivity index (χ1v) is 7.78. The lowest BCUT2D eigenvalue weighted by Gasteiger charge is -2.13. The number of hydrogen-bond donors (Lipinski definition) is 2. The molecule has 0 atom stereocenters. The number of aryl methyl sites for hydroxylation is 1. The maximum Gasteiger partial charge on any atom is 0.124 e. The second kappa shape index (κ2) is 7.39. The van der Waals surface area contributed by atoms with Crippen molar-refractivity contribution in [3.8, 4) is 16.9 Å². The average molecular weight is 286 g/mol. The lowest BCUT2D eigenvalue weighted by molar-refractivity contribution is 0.475. The Hall–Kier alpha value is -1.41. The Morgan fingerprint density at radius 1 is 0.950 bits per heavy atom. The molecule has 0 saturated heterocycles. The average Bonchev–Trinajstić information content (AvgIpc) is 2.47. The summed E-state index contributed by atoms with van der Waals surface area (Å²) in [5.74, 6) is 0.304. The van der Waals surface area contributed by atoms with Crippen LogP contribution in [0.3, 0.4) is 0 Å². The molecule has 1 nitrogen and oxygen atoms in total. The third-order valence-electron chi connectivity index (χ3n) is 3.60. The molecule has 0 fully saturated rings. The molecule has 106 valence electrons. The molecule has 0 aliphatic rings. The van der Waals surface area contributed by atoms with Gasteiger partial charge in [0.15, 0.2) is 0 Å². The number of unbranched alkanes of at least 4 members (excludes halogenated alkanes) is 3. The van der Waals surface area contributed by atoms with Crippen LogP contribution in [-0.2, 0) is 6.42 Å². The fourth-order valence-corrected chi connectivity index (χ4v) is 2.89. The van der Waals surface area contributed by atoms with Crippen LogP contribution < -0.4 is 0 Å². The second-order valence-corrected chi connectivity index (χ2v) is 5.59. The van der Waals surface area contributed by atoms with Crippen LogP contribution in [0.25, 0.3) is 11.1 Å². The molecule has 0 heterocycles. The van der Waals surface area contributed by atoms with Crippen LogP contribution in [0.2, 0.25) is 0 Å². The highest BCUT2D eigenvalue weighted by molar-refractivity contribution is 7.80. The Kier molecular flexibility index (Phi) is 5.54. The van der Waals surface area contributed by atoms with Crippen molar-refractivity contribution < 1.29 is 5.11 Å². The van der Waals surface area contributed by atoms with Crippen molar-refractivity contribution in [3.63, 3.8) is 0 Å². The predicted octanol–water partition coefficient (Wildman–Crippen LogP) is 5.47. The van der Waals surface area contributed by atoms with Crippen molar-refractivity contribution in [3.05, 3.63) is 48.0 Å². The highest BCUT2D eigenvalue weighted by Gasteiger charge is 2.11. The molecule has 20 heavy (non-hydrogen) atoms. The van der Waals surface area contributed by atoms with Crippen molar-refractivity contribution in [2.75, 3.05) is 0 Å². The van der Waals surface area contributed by atoms with Crippen LogP contribution in [-0.4, -0.2) is 5.11 Å². The van der Waals surface area contributed by atoms with Gasteiger partial charge in [-0.3, -0.25) is 0 Å². The van der Waals surface area contributed by atoms with E-state index in [1.807, 2.05) is 36.4 Å². The maximum atomic E-state index is 10.1. The largest absolute Gasteiger partial charge is 0.507 e. The monoisotopic (exact) mass is 286 g/mol. The maximum absolute atomic E-state index is 10.1. The van der Waals surface area contributed by atoms with Crippen molar-refractivity contribution in [2.24, 2.45) is 0 Å². The highest BCUT2D eigenvalue weighted by atomic mass is 32.1. The number of thiol groups is 1. The smallest absolute Gasteiger partial charge is 0.124 e. The molecule has 0 bridgehead atoms. The molecular formula is C18H22OS. The SMILES string of the molecule is CCCCCCc1ccc(O)c(-c2ccccc2)c1S. The highest BCUT2D eigenvalue weighted by Crippen LogP contribution is 2.37. The summed E-state index contributed by atoms with van der Waals surface area (Å²) < 4.78 is 0. The van der Waals surface area contributed by atoms with Gasteiger partial charge in [0.2, 0.25) is 0 Å². The molecule has 0 radical (unpaired) electrons. The first kappa shape index (κ1) is 15.0. The van der Waals surface area contributed by atoms with Gasteiger partial charge in [0.05, 0.1) is 0 Å². The number of hydrogen-bond acceptors (Lipinski definition) is 2. The molecule has 0 aromatic heterocycles. The molecule has 1 N–H and O–H groups in total. The van der Waals surface area contributed by atoms with Gasteiger partial charge >= 0.3 is 0 Å². The van der Waals surface area contributed by atoms with E-state index in [1.54, 1.807) is 6.07 Å². The minimum atomic E-state index is 0.304. The summed E-state index contributed by atoms with van der Waals surface area (Å²) in [6, 6.07) is 13.7. The van der Waals surface area contributed by atoms with E-state index < -0.39 is 0 Å². The van der Waals surface area contributed by atoms with E-state index in [0.29, 0.717) is 5.75 Å². The van der Waals surface area contributed by atoms with Gasteiger partial charge in [-0.05, 0) is 30.0 Å². The van der Waals surface area contributed by atoms with E-state index in [2.05, 4.69) is 19.6 Å². The molecule has 2 heteroatoms. The zero-order valence-electron chi connectivity index (χ0n) is 12.0. The van der Waals surface area contributed by atoms with Gasteiger partial charge < -0.3 is 5.11 Å². The summed E-state index contributed by atoms with van der Waals surface area (Å²) in [6.07, 6.45) is 5.99. The number of aromatic hydroxyl groups is 1. The molecular weight excluding hydrogens is 264 g/mol. The van der Waals surface area contributed by atoms with Gasteiger partial charge in [-0.2, -0.15) is 0 Å². The molecule has 0 aliphatic carbocycles. The Morgan fingerprint density at radius 3 is 2.40 bits per heavy atom. The summed E-state index contributed by atoms with van der Waals surface area (Å²) in [6.45, 7) is 2.22. The van der Waals surface area contributed by atoms with E-state index in [-0.39, 0.29) is 0 Å². The third-order valence-corrected chi connectivity index (χ3v) is 4.11. The predicted molar refractivity (Wildman–Crippen MR) is 88.6 cm³/mol. The number of rotatable bonds is 6. The standard InChI is InChI=1S/C18H22OS/c1-2-3-4-6-11-15-12-13-16(19)17(18(15)20)14-9-7-5-8-10-14/h5,7-10,12-13,19-20H,2-4,6,11H2,1H3. The molecule has 2 aromatic carbocycles. The van der Waals surface area contributed by atoms with Gasteiger partial charge in [-0.25, -0.2) is 0 Å². The molecule has 2 aromatic rings. The number of phenols is 1. The fraction of sp³-hybridized carbons (Fsp3) is 0.333. The van der Waals surface area contributed by atoms with Crippen molar-refractivity contribution in [1.82, 2.24) is 0 Å². The van der Waals surface area contributed by atoms with E-state index in [1.165, 1.54) is 31.2 Å². The summed E-state index contributed by atoms with van der Waals surface area (Å²) in [7, 11) is 0. The lowest BCUT2D eigenvalue weighted by atomic mass is 9.98. The third kappa shape index (κ3) is 3.57. The van der Waals surface area contributed by atoms with Crippen molar-refractivity contribution in [1.29, 1.82) is 0 Å². The Morgan fingerprint density at radius 2 is 1.70 bits per heavy atom. The normalized spacial score (nSPS) is 10.7. The molecule has 0 amide bonds. The van der Waals surface area contributed by atoms with Crippen LogP contribution >= 0.6 is 12.6 Å². The van der Waals surface area contributed by atoms with Gasteiger partial charge in [0.1, 0.15) is 5.75 Å². The summed E-state index contributed by atoms with van der Waals surface area (Å²) in [5, 5.41) is 10.1. The first-order chi connectivity index (χ1) is 9.74. The Bertz CT molecular complexity index is 549. The molecule has 2 rings (SSSR count). The van der Waals surface area contributed by atoms with Crippen molar-refractivity contribution in [2.45, 2.75) is 43.9 Å². The number of phenolic OH excluding ortho intramolecular Hbond substituents is 1. The lowest BCUT2D eigenvalue weighted by Crippen LogP contribution is -1.91. The second-order valence-electron chi connectivity index (χ2n) is 5.14. The zero-order valence-corrected chi connectivity index (χ0v) is 12.9. The summed E-state index contributed by atoms with van der Waals surface area (Å²) >= 11 is 4.66. The van der Waals surface area contributed by atoms with Crippen LogP contribution in [0.5, 0.6) is 5.75 Å². The molecule has 0 unspecified atom stereocenters. The minimum absolute atomic E-state index is 0.304. The van der Waals surface area contributed by atoms with Crippen LogP contribution in [0, 0.1) is 0 Å². The minimum Gasteiger partial charge on any atom is -0.507 e. The Labute approximate surface area is 127 Å². The first-order valence-electron chi connectivity index (χ1n) is 7.33. The summed E-state index contributed by atoms with van der Waals surface area (Å²) in [4.78, 5) is 0.910. The van der Waals surface area contributed by atoms with Crippen LogP contribution in [0.15, 0.2) is 47.4 Å².